The molecule has 28 heavy (non-hydrogen) atoms. The molecule has 1 aliphatic heterocycles. The van der Waals surface area contributed by atoms with Crippen molar-refractivity contribution >= 4 is 12.0 Å². The van der Waals surface area contributed by atoms with E-state index in [9.17, 15) is 9.90 Å². The molecule has 1 fully saturated rings. The van der Waals surface area contributed by atoms with Crippen LogP contribution in [0, 0.1) is 0 Å². The molecule has 1 aliphatic rings. The Balaban J connectivity index is 1.63. The first-order valence-electron chi connectivity index (χ1n) is 9.41. The normalized spacial score (nSPS) is 15.2. The number of para-hydroxylation sites is 1. The van der Waals surface area contributed by atoms with Crippen molar-refractivity contribution in [2.45, 2.75) is 18.9 Å². The van der Waals surface area contributed by atoms with Gasteiger partial charge in [0.2, 0.25) is 5.91 Å². The molecule has 1 N–H and O–H groups in total. The van der Waals surface area contributed by atoms with Gasteiger partial charge in [0.05, 0.1) is 11.8 Å². The Morgan fingerprint density at radius 3 is 2.61 bits per heavy atom. The minimum atomic E-state index is -0.297. The summed E-state index contributed by atoms with van der Waals surface area (Å²) >= 11 is 0. The minimum absolute atomic E-state index is 0.0449. The number of carbonyl (C=O) groups is 1. The first-order chi connectivity index (χ1) is 13.7. The van der Waals surface area contributed by atoms with Crippen LogP contribution in [0.15, 0.2) is 67.1 Å². The Labute approximate surface area is 163 Å². The van der Waals surface area contributed by atoms with Gasteiger partial charge in [0.25, 0.3) is 0 Å². The lowest BCUT2D eigenvalue weighted by Crippen LogP contribution is -2.39. The number of benzene rings is 1. The van der Waals surface area contributed by atoms with Crippen LogP contribution < -0.4 is 0 Å². The number of aromatic nitrogens is 3. The van der Waals surface area contributed by atoms with E-state index in [1.54, 1.807) is 23.4 Å². The van der Waals surface area contributed by atoms with E-state index >= 15 is 0 Å². The average molecular weight is 374 g/mol. The number of nitrogens with zero attached hydrogens (tertiary/aromatic N) is 4. The highest BCUT2D eigenvalue weighted by Gasteiger charge is 2.20. The summed E-state index contributed by atoms with van der Waals surface area (Å²) in [5.41, 5.74) is 3.46. The standard InChI is InChI=1S/C22H22N4O2/c27-20-10-13-25(14-11-20)21(28)9-8-18-16-26(19-6-2-1-3-7-19)24-22(18)17-5-4-12-23-15-17/h1-9,12,15-16,20,27H,10-11,13-14H2/b9-8+. The SMILES string of the molecule is O=C(/C=C/c1cn(-c2ccccc2)nc1-c1cccnc1)N1CCC(O)CC1. The average Bonchev–Trinajstić information content (AvgIpc) is 3.18. The van der Waals surface area contributed by atoms with Crippen molar-refractivity contribution in [3.8, 4) is 16.9 Å². The van der Waals surface area contributed by atoms with Gasteiger partial charge in [-0.15, -0.1) is 0 Å². The molecule has 0 unspecified atom stereocenters. The summed E-state index contributed by atoms with van der Waals surface area (Å²) in [5, 5.41) is 14.3. The van der Waals surface area contributed by atoms with Gasteiger partial charge in [0.15, 0.2) is 0 Å². The van der Waals surface area contributed by atoms with Gasteiger partial charge in [-0.05, 0) is 43.2 Å². The van der Waals surface area contributed by atoms with Crippen LogP contribution in [0.25, 0.3) is 23.0 Å². The molecular weight excluding hydrogens is 352 g/mol. The van der Waals surface area contributed by atoms with Crippen molar-refractivity contribution in [3.63, 3.8) is 0 Å². The fraction of sp³-hybridized carbons (Fsp3) is 0.227. The zero-order chi connectivity index (χ0) is 19.3. The second kappa shape index (κ2) is 8.19. The van der Waals surface area contributed by atoms with Crippen molar-refractivity contribution < 1.29 is 9.90 Å². The number of carbonyl (C=O) groups excluding carboxylic acids is 1. The van der Waals surface area contributed by atoms with Crippen LogP contribution in [0.5, 0.6) is 0 Å². The predicted molar refractivity (Wildman–Crippen MR) is 108 cm³/mol. The molecule has 1 amide bonds. The molecule has 4 rings (SSSR count). The van der Waals surface area contributed by atoms with Crippen LogP contribution in [-0.2, 0) is 4.79 Å². The fourth-order valence-electron chi connectivity index (χ4n) is 3.30. The summed E-state index contributed by atoms with van der Waals surface area (Å²) in [5.74, 6) is -0.0449. The summed E-state index contributed by atoms with van der Waals surface area (Å²) in [4.78, 5) is 18.5. The molecule has 0 bridgehead atoms. The van der Waals surface area contributed by atoms with Crippen LogP contribution in [0.3, 0.4) is 0 Å². The highest BCUT2D eigenvalue weighted by molar-refractivity contribution is 5.93. The van der Waals surface area contributed by atoms with Crippen molar-refractivity contribution in [1.82, 2.24) is 19.7 Å². The van der Waals surface area contributed by atoms with E-state index in [1.165, 1.54) is 0 Å². The van der Waals surface area contributed by atoms with Crippen LogP contribution in [0.1, 0.15) is 18.4 Å². The number of hydrogen-bond donors (Lipinski definition) is 1. The van der Waals surface area contributed by atoms with Crippen LogP contribution in [-0.4, -0.2) is 49.9 Å². The van der Waals surface area contributed by atoms with Crippen molar-refractivity contribution in [3.05, 3.63) is 72.7 Å². The van der Waals surface area contributed by atoms with E-state index in [0.29, 0.717) is 25.9 Å². The topological polar surface area (TPSA) is 71.2 Å². The maximum absolute atomic E-state index is 12.5. The first kappa shape index (κ1) is 18.1. The number of pyridine rings is 1. The van der Waals surface area contributed by atoms with Gasteiger partial charge in [0, 0.05) is 48.9 Å². The van der Waals surface area contributed by atoms with Gasteiger partial charge in [-0.2, -0.15) is 5.10 Å². The van der Waals surface area contributed by atoms with Crippen LogP contribution >= 0.6 is 0 Å². The number of aliphatic hydroxyl groups excluding tert-OH is 1. The lowest BCUT2D eigenvalue weighted by molar-refractivity contribution is -0.127. The van der Waals surface area contributed by atoms with E-state index in [1.807, 2.05) is 59.4 Å². The number of hydrogen-bond acceptors (Lipinski definition) is 4. The molecule has 3 aromatic rings. The second-order valence-electron chi connectivity index (χ2n) is 6.84. The number of rotatable bonds is 4. The largest absolute Gasteiger partial charge is 0.393 e. The molecule has 0 spiro atoms. The van der Waals surface area contributed by atoms with Gasteiger partial charge >= 0.3 is 0 Å². The third-order valence-corrected chi connectivity index (χ3v) is 4.88. The molecule has 3 heterocycles. The lowest BCUT2D eigenvalue weighted by atomic mass is 10.1. The van der Waals surface area contributed by atoms with E-state index in [0.717, 1.165) is 22.5 Å². The van der Waals surface area contributed by atoms with Gasteiger partial charge in [0.1, 0.15) is 5.69 Å². The van der Waals surface area contributed by atoms with Crippen LogP contribution in [0.4, 0.5) is 0 Å². The number of amides is 1. The molecule has 0 saturated carbocycles. The van der Waals surface area contributed by atoms with E-state index in [2.05, 4.69) is 4.98 Å². The first-order valence-corrected chi connectivity index (χ1v) is 9.41. The summed E-state index contributed by atoms with van der Waals surface area (Å²) in [6.07, 6.45) is 9.77. The maximum atomic E-state index is 12.5. The Hall–Kier alpha value is -3.25. The van der Waals surface area contributed by atoms with E-state index in [-0.39, 0.29) is 12.0 Å². The zero-order valence-electron chi connectivity index (χ0n) is 15.5. The molecule has 6 nitrogen and oxygen atoms in total. The molecule has 6 heteroatoms. The number of piperidine rings is 1. The van der Waals surface area contributed by atoms with Crippen molar-refractivity contribution in [2.24, 2.45) is 0 Å². The zero-order valence-corrected chi connectivity index (χ0v) is 15.5. The van der Waals surface area contributed by atoms with E-state index in [4.69, 9.17) is 5.10 Å². The maximum Gasteiger partial charge on any atom is 0.246 e. The molecular formula is C22H22N4O2. The summed E-state index contributed by atoms with van der Waals surface area (Å²) < 4.78 is 1.81. The molecule has 142 valence electrons. The van der Waals surface area contributed by atoms with Gasteiger partial charge in [-0.1, -0.05) is 18.2 Å². The Kier molecular flexibility index (Phi) is 5.30. The van der Waals surface area contributed by atoms with Crippen molar-refractivity contribution in [2.75, 3.05) is 13.1 Å². The smallest absolute Gasteiger partial charge is 0.246 e. The molecule has 1 aromatic carbocycles. The lowest BCUT2D eigenvalue weighted by Gasteiger charge is -2.28. The second-order valence-corrected chi connectivity index (χ2v) is 6.84. The predicted octanol–water partition coefficient (Wildman–Crippen LogP) is 2.93. The number of aliphatic hydroxyl groups is 1. The number of likely N-dealkylation sites (tertiary alicyclic amines) is 1. The third-order valence-electron chi connectivity index (χ3n) is 4.88. The van der Waals surface area contributed by atoms with Gasteiger partial charge < -0.3 is 10.0 Å². The van der Waals surface area contributed by atoms with Crippen LogP contribution in [0.2, 0.25) is 0 Å². The summed E-state index contributed by atoms with van der Waals surface area (Å²) in [7, 11) is 0. The fourth-order valence-corrected chi connectivity index (χ4v) is 3.30. The molecule has 0 radical (unpaired) electrons. The monoisotopic (exact) mass is 374 g/mol. The highest BCUT2D eigenvalue weighted by atomic mass is 16.3. The van der Waals surface area contributed by atoms with Gasteiger partial charge in [-0.3, -0.25) is 9.78 Å². The summed E-state index contributed by atoms with van der Waals surface area (Å²) in [6, 6.07) is 13.7. The third kappa shape index (κ3) is 4.02. The van der Waals surface area contributed by atoms with Crippen molar-refractivity contribution in [1.29, 1.82) is 0 Å². The quantitative estimate of drug-likeness (QED) is 0.713. The minimum Gasteiger partial charge on any atom is -0.393 e. The molecule has 1 saturated heterocycles. The molecule has 2 aromatic heterocycles. The molecule has 0 aliphatic carbocycles. The molecule has 0 atom stereocenters. The van der Waals surface area contributed by atoms with Gasteiger partial charge in [-0.25, -0.2) is 4.68 Å². The Morgan fingerprint density at radius 1 is 1.11 bits per heavy atom. The Bertz CT molecular complexity index is 959. The Morgan fingerprint density at radius 2 is 1.89 bits per heavy atom. The summed E-state index contributed by atoms with van der Waals surface area (Å²) in [6.45, 7) is 1.17. The van der Waals surface area contributed by atoms with E-state index < -0.39 is 0 Å². The highest BCUT2D eigenvalue weighted by Crippen LogP contribution is 2.24.